The summed E-state index contributed by atoms with van der Waals surface area (Å²) in [5.74, 6) is 0. The topological polar surface area (TPSA) is 53.8 Å². The number of halogens is 2. The molecule has 0 N–H and O–H groups in total. The standard InChI is InChI=1S/C8H4Cl2N2O/c1-4-2-5(8(10)13)6(3-11)7(9)12-4/h2H,1H3. The minimum Gasteiger partial charge on any atom is -0.276 e. The van der Waals surface area contributed by atoms with Gasteiger partial charge in [-0.05, 0) is 24.6 Å². The molecular weight excluding hydrogens is 211 g/mol. The normalized spacial score (nSPS) is 9.38. The summed E-state index contributed by atoms with van der Waals surface area (Å²) in [4.78, 5) is 14.7. The highest BCUT2D eigenvalue weighted by molar-refractivity contribution is 6.68. The van der Waals surface area contributed by atoms with Crippen molar-refractivity contribution in [2.24, 2.45) is 0 Å². The summed E-state index contributed by atoms with van der Waals surface area (Å²) in [5.41, 5.74) is 0.668. The van der Waals surface area contributed by atoms with Gasteiger partial charge >= 0.3 is 0 Å². The molecule has 0 spiro atoms. The largest absolute Gasteiger partial charge is 0.276 e. The van der Waals surface area contributed by atoms with Gasteiger partial charge < -0.3 is 0 Å². The predicted molar refractivity (Wildman–Crippen MR) is 48.9 cm³/mol. The van der Waals surface area contributed by atoms with Crippen molar-refractivity contribution in [2.45, 2.75) is 6.92 Å². The molecule has 0 bridgehead atoms. The molecule has 0 fully saturated rings. The van der Waals surface area contributed by atoms with E-state index in [1.54, 1.807) is 13.0 Å². The van der Waals surface area contributed by atoms with E-state index in [9.17, 15) is 4.79 Å². The van der Waals surface area contributed by atoms with Crippen molar-refractivity contribution < 1.29 is 4.79 Å². The van der Waals surface area contributed by atoms with E-state index >= 15 is 0 Å². The van der Waals surface area contributed by atoms with Crippen molar-refractivity contribution in [3.05, 3.63) is 28.0 Å². The first-order chi connectivity index (χ1) is 6.06. The molecule has 0 radical (unpaired) electrons. The molecule has 0 aliphatic heterocycles. The molecule has 1 aromatic rings. The Morgan fingerprint density at radius 3 is 2.77 bits per heavy atom. The molecule has 5 heteroatoms. The molecule has 0 unspecified atom stereocenters. The van der Waals surface area contributed by atoms with E-state index in [1.165, 1.54) is 6.07 Å². The Labute approximate surface area is 84.9 Å². The fourth-order valence-corrected chi connectivity index (χ4v) is 1.32. The van der Waals surface area contributed by atoms with E-state index in [-0.39, 0.29) is 16.3 Å². The molecule has 66 valence electrons. The van der Waals surface area contributed by atoms with E-state index in [0.29, 0.717) is 5.69 Å². The van der Waals surface area contributed by atoms with Crippen LogP contribution in [-0.2, 0) is 0 Å². The summed E-state index contributed by atoms with van der Waals surface area (Å²) in [5, 5.41) is 7.96. The van der Waals surface area contributed by atoms with Gasteiger partial charge in [-0.15, -0.1) is 0 Å². The maximum absolute atomic E-state index is 10.9. The van der Waals surface area contributed by atoms with Gasteiger partial charge in [-0.1, -0.05) is 11.6 Å². The molecule has 0 saturated heterocycles. The second-order valence-electron chi connectivity index (χ2n) is 2.36. The van der Waals surface area contributed by atoms with Gasteiger partial charge in [0.1, 0.15) is 16.8 Å². The Bertz CT molecular complexity index is 409. The molecule has 0 aliphatic carbocycles. The van der Waals surface area contributed by atoms with Crippen LogP contribution in [-0.4, -0.2) is 10.2 Å². The average Bonchev–Trinajstić information content (AvgIpc) is 2.02. The number of aromatic nitrogens is 1. The van der Waals surface area contributed by atoms with Crippen LogP contribution in [0.25, 0.3) is 0 Å². The number of aryl methyl sites for hydroxylation is 1. The molecule has 3 nitrogen and oxygen atoms in total. The third kappa shape index (κ3) is 1.97. The van der Waals surface area contributed by atoms with E-state index < -0.39 is 5.24 Å². The highest BCUT2D eigenvalue weighted by atomic mass is 35.5. The Kier molecular flexibility index (Phi) is 2.86. The minimum atomic E-state index is -0.705. The number of rotatable bonds is 1. The molecule has 1 heterocycles. The summed E-state index contributed by atoms with van der Waals surface area (Å²) in [7, 11) is 0. The lowest BCUT2D eigenvalue weighted by atomic mass is 10.1. The Morgan fingerprint density at radius 1 is 1.69 bits per heavy atom. The quantitative estimate of drug-likeness (QED) is 0.533. The second-order valence-corrected chi connectivity index (χ2v) is 3.06. The number of hydrogen-bond donors (Lipinski definition) is 0. The number of nitriles is 1. The van der Waals surface area contributed by atoms with Crippen molar-refractivity contribution in [1.29, 1.82) is 5.26 Å². The zero-order valence-electron chi connectivity index (χ0n) is 6.64. The lowest BCUT2D eigenvalue weighted by Crippen LogP contribution is -1.98. The van der Waals surface area contributed by atoms with Crippen LogP contribution in [0.15, 0.2) is 6.07 Å². The Balaban J connectivity index is 3.50. The summed E-state index contributed by atoms with van der Waals surface area (Å²) < 4.78 is 0. The van der Waals surface area contributed by atoms with Gasteiger partial charge in [0.05, 0.1) is 5.56 Å². The molecule has 1 rings (SSSR count). The number of nitrogens with zero attached hydrogens (tertiary/aromatic N) is 2. The zero-order valence-corrected chi connectivity index (χ0v) is 8.15. The van der Waals surface area contributed by atoms with Crippen LogP contribution in [0.2, 0.25) is 5.15 Å². The van der Waals surface area contributed by atoms with Gasteiger partial charge in [-0.25, -0.2) is 4.98 Å². The lowest BCUT2D eigenvalue weighted by molar-refractivity contribution is 0.108. The third-order valence-corrected chi connectivity index (χ3v) is 1.90. The summed E-state index contributed by atoms with van der Waals surface area (Å²) in [6, 6.07) is 3.20. The van der Waals surface area contributed by atoms with Crippen LogP contribution >= 0.6 is 23.2 Å². The molecule has 0 saturated carbocycles. The van der Waals surface area contributed by atoms with Gasteiger partial charge in [-0.3, -0.25) is 4.79 Å². The van der Waals surface area contributed by atoms with Crippen LogP contribution in [0.3, 0.4) is 0 Å². The van der Waals surface area contributed by atoms with Gasteiger partial charge in [0.2, 0.25) is 0 Å². The average molecular weight is 215 g/mol. The summed E-state index contributed by atoms with van der Waals surface area (Å²) in [6.07, 6.45) is 0. The first kappa shape index (κ1) is 9.97. The fraction of sp³-hybridized carbons (Fsp3) is 0.125. The van der Waals surface area contributed by atoms with Crippen molar-refractivity contribution in [3.63, 3.8) is 0 Å². The predicted octanol–water partition coefficient (Wildman–Crippen LogP) is 2.29. The van der Waals surface area contributed by atoms with Gasteiger partial charge in [-0.2, -0.15) is 5.26 Å². The maximum Gasteiger partial charge on any atom is 0.253 e. The van der Waals surface area contributed by atoms with Crippen molar-refractivity contribution in [3.8, 4) is 6.07 Å². The first-order valence-electron chi connectivity index (χ1n) is 3.33. The van der Waals surface area contributed by atoms with Crippen molar-refractivity contribution >= 4 is 28.4 Å². The number of carbonyl (C=O) groups excluding carboxylic acids is 1. The molecular formula is C8H4Cl2N2O. The number of hydrogen-bond acceptors (Lipinski definition) is 3. The van der Waals surface area contributed by atoms with E-state index in [2.05, 4.69) is 4.98 Å². The van der Waals surface area contributed by atoms with E-state index in [0.717, 1.165) is 0 Å². The highest BCUT2D eigenvalue weighted by Gasteiger charge is 2.13. The van der Waals surface area contributed by atoms with E-state index in [1.807, 2.05) is 0 Å². The number of pyridine rings is 1. The molecule has 0 atom stereocenters. The van der Waals surface area contributed by atoms with Gasteiger partial charge in [0.15, 0.2) is 0 Å². The number of carbonyl (C=O) groups is 1. The highest BCUT2D eigenvalue weighted by Crippen LogP contribution is 2.19. The second kappa shape index (κ2) is 3.73. The van der Waals surface area contributed by atoms with Crippen molar-refractivity contribution in [1.82, 2.24) is 4.98 Å². The fourth-order valence-electron chi connectivity index (χ4n) is 0.897. The smallest absolute Gasteiger partial charge is 0.253 e. The third-order valence-electron chi connectivity index (χ3n) is 1.43. The van der Waals surface area contributed by atoms with Crippen molar-refractivity contribution in [2.75, 3.05) is 0 Å². The summed E-state index contributed by atoms with van der Waals surface area (Å²) >= 11 is 10.9. The molecule has 0 aliphatic rings. The molecule has 1 aromatic heterocycles. The van der Waals surface area contributed by atoms with Crippen LogP contribution in [0.5, 0.6) is 0 Å². The lowest BCUT2D eigenvalue weighted by Gasteiger charge is -2.01. The van der Waals surface area contributed by atoms with Crippen LogP contribution < -0.4 is 0 Å². The first-order valence-corrected chi connectivity index (χ1v) is 4.09. The Hall–Kier alpha value is -1.11. The van der Waals surface area contributed by atoms with E-state index in [4.69, 9.17) is 28.5 Å². The van der Waals surface area contributed by atoms with Crippen LogP contribution in [0.1, 0.15) is 21.6 Å². The molecule has 0 aromatic carbocycles. The molecule has 0 amide bonds. The van der Waals surface area contributed by atoms with Gasteiger partial charge in [0.25, 0.3) is 5.24 Å². The van der Waals surface area contributed by atoms with Crippen LogP contribution in [0, 0.1) is 18.3 Å². The SMILES string of the molecule is Cc1cc(C(=O)Cl)c(C#N)c(Cl)n1. The van der Waals surface area contributed by atoms with Gasteiger partial charge in [0, 0.05) is 5.69 Å². The summed E-state index contributed by atoms with van der Waals surface area (Å²) in [6.45, 7) is 1.66. The monoisotopic (exact) mass is 214 g/mol. The minimum absolute atomic E-state index is 0.00602. The zero-order chi connectivity index (χ0) is 10.0. The van der Waals surface area contributed by atoms with Crippen LogP contribution in [0.4, 0.5) is 0 Å². The Morgan fingerprint density at radius 2 is 2.31 bits per heavy atom. The maximum atomic E-state index is 10.9. The molecule has 13 heavy (non-hydrogen) atoms.